The van der Waals surface area contributed by atoms with Crippen LogP contribution >= 0.6 is 0 Å². The summed E-state index contributed by atoms with van der Waals surface area (Å²) in [5.74, 6) is 1.11. The number of nitrogens with two attached hydrogens (primary N) is 1. The second-order valence-corrected chi connectivity index (χ2v) is 5.64. The van der Waals surface area contributed by atoms with Crippen LogP contribution in [0, 0.1) is 5.41 Å². The van der Waals surface area contributed by atoms with Crippen molar-refractivity contribution < 1.29 is 0 Å². The van der Waals surface area contributed by atoms with Crippen LogP contribution in [0.4, 0.5) is 5.69 Å². The molecule has 7 nitrogen and oxygen atoms in total. The first kappa shape index (κ1) is 13.7. The molecule has 2 aromatic rings. The van der Waals surface area contributed by atoms with Gasteiger partial charge in [-0.05, 0) is 31.1 Å². The zero-order valence-electron chi connectivity index (χ0n) is 12.6. The van der Waals surface area contributed by atoms with E-state index < -0.39 is 0 Å². The predicted molar refractivity (Wildman–Crippen MR) is 90.5 cm³/mol. The normalized spacial score (nSPS) is 20.3. The quantitative estimate of drug-likeness (QED) is 0.840. The summed E-state index contributed by atoms with van der Waals surface area (Å²) in [6.45, 7) is 1.90. The zero-order chi connectivity index (χ0) is 15.8. The third-order valence-electron chi connectivity index (χ3n) is 4.05. The van der Waals surface area contributed by atoms with E-state index in [1.807, 2.05) is 24.4 Å². The molecule has 0 aliphatic carbocycles. The number of nitrogens with zero attached hydrogens (tertiary/aromatic N) is 5. The van der Waals surface area contributed by atoms with Crippen molar-refractivity contribution in [2.75, 3.05) is 13.1 Å². The van der Waals surface area contributed by atoms with Crippen molar-refractivity contribution >= 4 is 28.6 Å². The molecular formula is C16H17N7. The van der Waals surface area contributed by atoms with Crippen molar-refractivity contribution in [3.8, 4) is 0 Å². The Morgan fingerprint density at radius 3 is 2.87 bits per heavy atom. The average molecular weight is 307 g/mol. The predicted octanol–water partition coefficient (Wildman–Crippen LogP) is 1.73. The van der Waals surface area contributed by atoms with Gasteiger partial charge in [-0.2, -0.15) is 5.10 Å². The molecule has 23 heavy (non-hydrogen) atoms. The fourth-order valence-electron chi connectivity index (χ4n) is 2.90. The number of aliphatic imine (C=N–C) groups is 2. The summed E-state index contributed by atoms with van der Waals surface area (Å²) < 4.78 is 1.75. The number of rotatable bonds is 1. The second-order valence-electron chi connectivity index (χ2n) is 5.64. The Labute approximate surface area is 133 Å². The van der Waals surface area contributed by atoms with Crippen LogP contribution in [-0.2, 0) is 0 Å². The van der Waals surface area contributed by atoms with Gasteiger partial charge in [0.2, 0.25) is 0 Å². The van der Waals surface area contributed by atoms with Crippen LogP contribution in [0.3, 0.4) is 0 Å². The molecule has 0 radical (unpaired) electrons. The van der Waals surface area contributed by atoms with Crippen molar-refractivity contribution in [1.29, 1.82) is 5.41 Å². The number of dihydropyridines is 1. The molecule has 2 aromatic heterocycles. The van der Waals surface area contributed by atoms with Crippen LogP contribution in [0.15, 0.2) is 52.4 Å². The Morgan fingerprint density at radius 1 is 1.22 bits per heavy atom. The fourth-order valence-corrected chi connectivity index (χ4v) is 2.90. The van der Waals surface area contributed by atoms with Crippen molar-refractivity contribution in [2.45, 2.75) is 12.8 Å². The molecule has 0 bridgehead atoms. The number of likely N-dealkylation sites (tertiary alicyclic amines) is 1. The van der Waals surface area contributed by atoms with E-state index in [-0.39, 0.29) is 5.71 Å². The third-order valence-corrected chi connectivity index (χ3v) is 4.05. The molecule has 4 rings (SSSR count). The Bertz CT molecular complexity index is 865. The maximum atomic E-state index is 8.11. The first-order valence-corrected chi connectivity index (χ1v) is 7.63. The molecule has 0 spiro atoms. The zero-order valence-corrected chi connectivity index (χ0v) is 12.6. The average Bonchev–Trinajstić information content (AvgIpc) is 3.20. The SMILES string of the molecule is N=C1C=C(N)C(N2CCCC2)=NC1=Nc1cnn2ccccc12. The van der Waals surface area contributed by atoms with E-state index in [0.29, 0.717) is 17.2 Å². The van der Waals surface area contributed by atoms with E-state index in [2.05, 4.69) is 20.0 Å². The lowest BCUT2D eigenvalue weighted by Gasteiger charge is -2.23. The van der Waals surface area contributed by atoms with E-state index in [1.54, 1.807) is 16.8 Å². The van der Waals surface area contributed by atoms with E-state index >= 15 is 0 Å². The van der Waals surface area contributed by atoms with Gasteiger partial charge in [0, 0.05) is 19.3 Å². The monoisotopic (exact) mass is 307 g/mol. The van der Waals surface area contributed by atoms with E-state index in [4.69, 9.17) is 11.1 Å². The van der Waals surface area contributed by atoms with Gasteiger partial charge in [-0.3, -0.25) is 5.41 Å². The van der Waals surface area contributed by atoms with Crippen molar-refractivity contribution in [1.82, 2.24) is 14.5 Å². The molecule has 4 heterocycles. The standard InChI is InChI=1S/C16H17N7/c17-11-9-12(18)16(22-6-3-4-7-22)21-15(11)20-13-10-19-23-8-2-1-5-14(13)23/h1-2,5,8-10,17H,3-4,6-7,18H2. The van der Waals surface area contributed by atoms with Gasteiger partial charge in [0.25, 0.3) is 0 Å². The first-order chi connectivity index (χ1) is 11.2. The third kappa shape index (κ3) is 2.40. The van der Waals surface area contributed by atoms with Gasteiger partial charge in [-0.1, -0.05) is 6.07 Å². The Balaban J connectivity index is 1.76. The fraction of sp³-hybridized carbons (Fsp3) is 0.250. The number of nitrogens with one attached hydrogen (secondary N) is 1. The van der Waals surface area contributed by atoms with Gasteiger partial charge in [0.05, 0.1) is 17.4 Å². The lowest BCUT2D eigenvalue weighted by molar-refractivity contribution is 0.519. The Morgan fingerprint density at radius 2 is 2.04 bits per heavy atom. The van der Waals surface area contributed by atoms with Gasteiger partial charge >= 0.3 is 0 Å². The second kappa shape index (κ2) is 5.35. The highest BCUT2D eigenvalue weighted by atomic mass is 15.2. The van der Waals surface area contributed by atoms with Crippen LogP contribution < -0.4 is 5.73 Å². The number of hydrogen-bond donors (Lipinski definition) is 2. The lowest BCUT2D eigenvalue weighted by atomic mass is 10.2. The molecule has 2 aliphatic heterocycles. The molecular weight excluding hydrogens is 290 g/mol. The van der Waals surface area contributed by atoms with Gasteiger partial charge < -0.3 is 10.6 Å². The first-order valence-electron chi connectivity index (χ1n) is 7.63. The summed E-state index contributed by atoms with van der Waals surface area (Å²) >= 11 is 0. The molecule has 1 saturated heterocycles. The summed E-state index contributed by atoms with van der Waals surface area (Å²) in [7, 11) is 0. The van der Waals surface area contributed by atoms with Crippen LogP contribution in [0.25, 0.3) is 5.52 Å². The molecule has 0 atom stereocenters. The molecule has 0 amide bonds. The van der Waals surface area contributed by atoms with E-state index in [1.165, 1.54) is 0 Å². The van der Waals surface area contributed by atoms with Crippen molar-refractivity contribution in [3.05, 3.63) is 42.4 Å². The van der Waals surface area contributed by atoms with Crippen LogP contribution in [-0.4, -0.2) is 45.0 Å². The minimum absolute atomic E-state index is 0.223. The molecule has 3 N–H and O–H groups in total. The lowest BCUT2D eigenvalue weighted by Crippen LogP contribution is -2.36. The maximum absolute atomic E-state index is 8.11. The summed E-state index contributed by atoms with van der Waals surface area (Å²) in [6.07, 6.45) is 7.46. The topological polar surface area (TPSA) is 95.1 Å². The minimum Gasteiger partial charge on any atom is -0.396 e. The molecule has 7 heteroatoms. The van der Waals surface area contributed by atoms with Crippen LogP contribution in [0.1, 0.15) is 12.8 Å². The number of aromatic nitrogens is 2. The Kier molecular flexibility index (Phi) is 3.18. The Hall–Kier alpha value is -2.96. The van der Waals surface area contributed by atoms with Crippen molar-refractivity contribution in [2.24, 2.45) is 15.7 Å². The summed E-state index contributed by atoms with van der Waals surface area (Å²) in [5.41, 5.74) is 8.39. The summed E-state index contributed by atoms with van der Waals surface area (Å²) in [6, 6.07) is 5.78. The molecule has 2 aliphatic rings. The number of hydrogen-bond acceptors (Lipinski definition) is 5. The van der Waals surface area contributed by atoms with Gasteiger partial charge in [0.15, 0.2) is 11.7 Å². The van der Waals surface area contributed by atoms with E-state index in [0.717, 1.165) is 37.3 Å². The minimum atomic E-state index is 0.223. The van der Waals surface area contributed by atoms with Crippen LogP contribution in [0.2, 0.25) is 0 Å². The molecule has 0 unspecified atom stereocenters. The number of fused-ring (bicyclic) bond motifs is 1. The highest BCUT2D eigenvalue weighted by Gasteiger charge is 2.23. The number of pyridine rings is 1. The number of amidine groups is 2. The molecule has 116 valence electrons. The van der Waals surface area contributed by atoms with Crippen molar-refractivity contribution in [3.63, 3.8) is 0 Å². The van der Waals surface area contributed by atoms with E-state index in [9.17, 15) is 0 Å². The summed E-state index contributed by atoms with van der Waals surface area (Å²) in [5, 5.41) is 12.4. The molecule has 0 saturated carbocycles. The van der Waals surface area contributed by atoms with Crippen LogP contribution in [0.5, 0.6) is 0 Å². The van der Waals surface area contributed by atoms with Gasteiger partial charge in [-0.15, -0.1) is 0 Å². The summed E-state index contributed by atoms with van der Waals surface area (Å²) in [4.78, 5) is 11.2. The highest BCUT2D eigenvalue weighted by molar-refractivity contribution is 6.49. The maximum Gasteiger partial charge on any atom is 0.180 e. The highest BCUT2D eigenvalue weighted by Crippen LogP contribution is 2.21. The van der Waals surface area contributed by atoms with Gasteiger partial charge in [0.1, 0.15) is 11.4 Å². The molecule has 0 aromatic carbocycles. The van der Waals surface area contributed by atoms with Gasteiger partial charge in [-0.25, -0.2) is 14.5 Å². The smallest absolute Gasteiger partial charge is 0.180 e. The molecule has 1 fully saturated rings. The largest absolute Gasteiger partial charge is 0.396 e.